The number of ether oxygens (including phenoxy) is 2. The van der Waals surface area contributed by atoms with Gasteiger partial charge in [-0.05, 0) is 24.3 Å². The van der Waals surface area contributed by atoms with Crippen LogP contribution in [-0.2, 0) is 20.7 Å². The first kappa shape index (κ1) is 19.8. The number of hydrogen-bond acceptors (Lipinski definition) is 7. The van der Waals surface area contributed by atoms with E-state index in [0.717, 1.165) is 31.7 Å². The Hall–Kier alpha value is -3.11. The summed E-state index contributed by atoms with van der Waals surface area (Å²) in [6.07, 6.45) is 2.06. The number of para-hydroxylation sites is 1. The molecule has 2 aliphatic rings. The van der Waals surface area contributed by atoms with Crippen molar-refractivity contribution in [3.8, 4) is 0 Å². The van der Waals surface area contributed by atoms with Crippen LogP contribution in [0.5, 0.6) is 0 Å². The molecule has 0 aliphatic carbocycles. The average molecular weight is 426 g/mol. The number of piperidine rings is 1. The van der Waals surface area contributed by atoms with Crippen LogP contribution in [0.2, 0.25) is 0 Å². The number of fused-ring (bicyclic) bond motifs is 1. The fraction of sp³-hybridized carbons (Fsp3) is 0.429. The van der Waals surface area contributed by atoms with Crippen molar-refractivity contribution in [3.05, 3.63) is 48.0 Å². The van der Waals surface area contributed by atoms with Crippen molar-refractivity contribution >= 4 is 23.1 Å². The van der Waals surface area contributed by atoms with E-state index in [-0.39, 0.29) is 18.0 Å². The Kier molecular flexibility index (Phi) is 5.24. The maximum absolute atomic E-state index is 13.7. The molecule has 1 N–H and O–H groups in total. The summed E-state index contributed by atoms with van der Waals surface area (Å²) in [6.45, 7) is 2.86. The first-order valence-electron chi connectivity index (χ1n) is 10.4. The number of aryl methyl sites for hydroxylation is 1. The van der Waals surface area contributed by atoms with Gasteiger partial charge in [0.05, 0.1) is 18.9 Å². The summed E-state index contributed by atoms with van der Waals surface area (Å²) in [5.74, 6) is 0.199. The molecule has 1 spiro atoms. The van der Waals surface area contributed by atoms with E-state index in [1.807, 2.05) is 12.1 Å². The third-order valence-corrected chi connectivity index (χ3v) is 5.70. The molecule has 2 aromatic heterocycles. The maximum Gasteiger partial charge on any atom is 0.224 e. The molecule has 0 atom stereocenters. The van der Waals surface area contributed by atoms with Crippen LogP contribution in [0, 0.1) is 5.82 Å². The Balaban J connectivity index is 1.25. The summed E-state index contributed by atoms with van der Waals surface area (Å²) >= 11 is 0. The van der Waals surface area contributed by atoms with Gasteiger partial charge in [-0.25, -0.2) is 4.39 Å². The van der Waals surface area contributed by atoms with Gasteiger partial charge in [0.2, 0.25) is 5.91 Å². The normalized spacial score (nSPS) is 18.0. The maximum atomic E-state index is 13.7. The van der Waals surface area contributed by atoms with Crippen molar-refractivity contribution in [1.82, 2.24) is 19.8 Å². The monoisotopic (exact) mass is 426 g/mol. The molecule has 3 aromatic rings. The van der Waals surface area contributed by atoms with Gasteiger partial charge in [-0.15, -0.1) is 15.3 Å². The molecule has 162 valence electrons. The number of rotatable bonds is 5. The molecule has 0 radical (unpaired) electrons. The molecule has 0 saturated carbocycles. The van der Waals surface area contributed by atoms with Crippen molar-refractivity contribution in [2.24, 2.45) is 0 Å². The zero-order chi connectivity index (χ0) is 21.3. The van der Waals surface area contributed by atoms with E-state index in [1.165, 1.54) is 12.1 Å². The second-order valence-electron chi connectivity index (χ2n) is 7.70. The zero-order valence-electron chi connectivity index (χ0n) is 17.0. The highest BCUT2D eigenvalue weighted by atomic mass is 19.1. The average Bonchev–Trinajstić information content (AvgIpc) is 3.41. The topological polar surface area (TPSA) is 93.9 Å². The highest BCUT2D eigenvalue weighted by molar-refractivity contribution is 5.90. The molecular weight excluding hydrogens is 403 g/mol. The molecular formula is C21H23FN6O3. The lowest BCUT2D eigenvalue weighted by Gasteiger charge is -2.38. The van der Waals surface area contributed by atoms with Crippen molar-refractivity contribution in [3.63, 3.8) is 0 Å². The highest BCUT2D eigenvalue weighted by Gasteiger charge is 2.40. The van der Waals surface area contributed by atoms with Gasteiger partial charge in [0.1, 0.15) is 11.6 Å². The molecule has 1 amide bonds. The second kappa shape index (κ2) is 8.20. The van der Waals surface area contributed by atoms with Crippen LogP contribution in [0.25, 0.3) is 5.65 Å². The smallest absolute Gasteiger partial charge is 0.224 e. The molecule has 31 heavy (non-hydrogen) atoms. The Bertz CT molecular complexity index is 1090. The van der Waals surface area contributed by atoms with Crippen molar-refractivity contribution in [2.75, 3.05) is 36.5 Å². The molecule has 0 bridgehead atoms. The van der Waals surface area contributed by atoms with Crippen LogP contribution in [0.15, 0.2) is 36.4 Å². The van der Waals surface area contributed by atoms with Crippen LogP contribution in [0.3, 0.4) is 0 Å². The van der Waals surface area contributed by atoms with E-state index < -0.39 is 11.6 Å². The minimum Gasteiger partial charge on any atom is -0.355 e. The van der Waals surface area contributed by atoms with Gasteiger partial charge in [0.25, 0.3) is 0 Å². The van der Waals surface area contributed by atoms with E-state index in [4.69, 9.17) is 14.6 Å². The van der Waals surface area contributed by atoms with Crippen LogP contribution < -0.4 is 10.2 Å². The first-order chi connectivity index (χ1) is 15.1. The van der Waals surface area contributed by atoms with E-state index >= 15 is 0 Å². The van der Waals surface area contributed by atoms with Crippen LogP contribution >= 0.6 is 0 Å². The summed E-state index contributed by atoms with van der Waals surface area (Å²) in [5.41, 5.74) is 0.779. The summed E-state index contributed by atoms with van der Waals surface area (Å²) in [4.78, 5) is 14.4. The van der Waals surface area contributed by atoms with Crippen molar-refractivity contribution < 1.29 is 18.7 Å². The fourth-order valence-electron chi connectivity index (χ4n) is 4.01. The predicted molar refractivity (Wildman–Crippen MR) is 110 cm³/mol. The third kappa shape index (κ3) is 4.08. The number of amides is 1. The fourth-order valence-corrected chi connectivity index (χ4v) is 4.01. The quantitative estimate of drug-likeness (QED) is 0.668. The highest BCUT2D eigenvalue weighted by Crippen LogP contribution is 2.32. The molecule has 9 nitrogen and oxygen atoms in total. The van der Waals surface area contributed by atoms with Gasteiger partial charge in [0, 0.05) is 38.8 Å². The van der Waals surface area contributed by atoms with Gasteiger partial charge in [-0.2, -0.15) is 4.52 Å². The Morgan fingerprint density at radius 3 is 2.65 bits per heavy atom. The van der Waals surface area contributed by atoms with E-state index in [2.05, 4.69) is 20.4 Å². The minimum absolute atomic E-state index is 0.141. The van der Waals surface area contributed by atoms with E-state index in [9.17, 15) is 9.18 Å². The standard InChI is InChI=1S/C21H23FN6O3/c22-15-3-1-2-4-16(15)23-20(29)8-7-18-25-24-17-5-6-19(26-28(17)18)27-11-9-21(10-12-27)30-13-14-31-21/h1-6H,7-14H2,(H,23,29). The molecule has 0 unspecified atom stereocenters. The number of halogens is 1. The summed E-state index contributed by atoms with van der Waals surface area (Å²) in [6, 6.07) is 9.87. The molecule has 10 heteroatoms. The van der Waals surface area contributed by atoms with Crippen LogP contribution in [0.1, 0.15) is 25.1 Å². The number of hydrogen-bond donors (Lipinski definition) is 1. The molecule has 5 rings (SSSR count). The Morgan fingerprint density at radius 2 is 1.87 bits per heavy atom. The third-order valence-electron chi connectivity index (χ3n) is 5.70. The van der Waals surface area contributed by atoms with E-state index in [0.29, 0.717) is 31.1 Å². The van der Waals surface area contributed by atoms with Crippen LogP contribution in [-0.4, -0.2) is 57.8 Å². The lowest BCUT2D eigenvalue weighted by atomic mass is 10.0. The van der Waals surface area contributed by atoms with Gasteiger partial charge in [-0.3, -0.25) is 4.79 Å². The predicted octanol–water partition coefficient (Wildman–Crippen LogP) is 2.18. The van der Waals surface area contributed by atoms with Gasteiger partial charge < -0.3 is 19.7 Å². The molecule has 1 aromatic carbocycles. The lowest BCUT2D eigenvalue weighted by molar-refractivity contribution is -0.169. The number of nitrogens with zero attached hydrogens (tertiary/aromatic N) is 5. The Morgan fingerprint density at radius 1 is 1.10 bits per heavy atom. The lowest BCUT2D eigenvalue weighted by Crippen LogP contribution is -2.45. The summed E-state index contributed by atoms with van der Waals surface area (Å²) in [7, 11) is 0. The number of aromatic nitrogens is 4. The number of nitrogens with one attached hydrogen (secondary N) is 1. The van der Waals surface area contributed by atoms with E-state index in [1.54, 1.807) is 16.6 Å². The van der Waals surface area contributed by atoms with Crippen molar-refractivity contribution in [1.29, 1.82) is 0 Å². The number of benzene rings is 1. The number of carbonyl (C=O) groups is 1. The van der Waals surface area contributed by atoms with Gasteiger partial charge in [0.15, 0.2) is 17.3 Å². The molecule has 2 fully saturated rings. The second-order valence-corrected chi connectivity index (χ2v) is 7.70. The molecule has 2 aliphatic heterocycles. The number of anilines is 2. The SMILES string of the molecule is O=C(CCc1nnc2ccc(N3CCC4(CC3)OCCO4)nn12)Nc1ccccc1F. The van der Waals surface area contributed by atoms with Crippen LogP contribution in [0.4, 0.5) is 15.9 Å². The number of carbonyl (C=O) groups excluding carboxylic acids is 1. The minimum atomic E-state index is -0.466. The van der Waals surface area contributed by atoms with Gasteiger partial charge in [-0.1, -0.05) is 12.1 Å². The molecule has 4 heterocycles. The first-order valence-corrected chi connectivity index (χ1v) is 10.4. The summed E-state index contributed by atoms with van der Waals surface area (Å²) < 4.78 is 27.0. The molecule has 2 saturated heterocycles. The zero-order valence-corrected chi connectivity index (χ0v) is 17.0. The largest absolute Gasteiger partial charge is 0.355 e. The Labute approximate surface area is 178 Å². The van der Waals surface area contributed by atoms with Crippen molar-refractivity contribution in [2.45, 2.75) is 31.5 Å². The summed E-state index contributed by atoms with van der Waals surface area (Å²) in [5, 5.41) is 15.6. The van der Waals surface area contributed by atoms with Gasteiger partial charge >= 0.3 is 0 Å².